The summed E-state index contributed by atoms with van der Waals surface area (Å²) in [5.74, 6) is 0.577. The minimum atomic E-state index is -0.274. The van der Waals surface area contributed by atoms with Crippen molar-refractivity contribution in [2.45, 2.75) is 19.9 Å². The van der Waals surface area contributed by atoms with Crippen LogP contribution in [-0.2, 0) is 0 Å². The molecule has 0 radical (unpaired) electrons. The van der Waals surface area contributed by atoms with Crippen LogP contribution in [0.2, 0.25) is 5.02 Å². The van der Waals surface area contributed by atoms with Gasteiger partial charge >= 0.3 is 0 Å². The van der Waals surface area contributed by atoms with Gasteiger partial charge in [0.2, 0.25) is 11.8 Å². The number of benzene rings is 3. The van der Waals surface area contributed by atoms with Gasteiger partial charge in [0.25, 0.3) is 0 Å². The lowest BCUT2D eigenvalue weighted by Crippen LogP contribution is -2.48. The third kappa shape index (κ3) is 4.56. The molecule has 34 heavy (non-hydrogen) atoms. The van der Waals surface area contributed by atoms with Crippen LogP contribution in [0.15, 0.2) is 71.1 Å². The normalized spacial score (nSPS) is 15.5. The van der Waals surface area contributed by atoms with E-state index in [1.807, 2.05) is 18.2 Å². The molecule has 2 heterocycles. The third-order valence-corrected chi connectivity index (χ3v) is 6.68. The summed E-state index contributed by atoms with van der Waals surface area (Å²) in [5, 5.41) is 9.22. The smallest absolute Gasteiger partial charge is 0.249 e. The van der Waals surface area contributed by atoms with Gasteiger partial charge in [-0.05, 0) is 60.9 Å². The summed E-state index contributed by atoms with van der Waals surface area (Å²) < 4.78 is 19.8. The summed E-state index contributed by atoms with van der Waals surface area (Å²) in [6, 6.07) is 20.2. The van der Waals surface area contributed by atoms with Gasteiger partial charge < -0.3 is 9.32 Å². The molecule has 7 heteroatoms. The first-order valence-corrected chi connectivity index (χ1v) is 11.8. The molecule has 1 aliphatic rings. The van der Waals surface area contributed by atoms with Gasteiger partial charge in [0.1, 0.15) is 11.9 Å². The van der Waals surface area contributed by atoms with Crippen LogP contribution in [0.1, 0.15) is 28.6 Å². The number of piperazine rings is 1. The summed E-state index contributed by atoms with van der Waals surface area (Å²) in [5.41, 5.74) is 5.41. The molecule has 0 spiro atoms. The monoisotopic (exact) mass is 476 g/mol. The van der Waals surface area contributed by atoms with Gasteiger partial charge in [-0.15, -0.1) is 10.2 Å². The summed E-state index contributed by atoms with van der Waals surface area (Å²) in [7, 11) is 0. The van der Waals surface area contributed by atoms with Crippen molar-refractivity contribution in [2.24, 2.45) is 0 Å². The number of nitrogens with zero attached hydrogens (tertiary/aromatic N) is 4. The molecule has 3 aromatic carbocycles. The Bertz CT molecular complexity index is 1280. The van der Waals surface area contributed by atoms with Crippen LogP contribution in [-0.4, -0.2) is 41.3 Å². The van der Waals surface area contributed by atoms with E-state index in [0.717, 1.165) is 31.7 Å². The van der Waals surface area contributed by atoms with Crippen molar-refractivity contribution >= 4 is 17.3 Å². The van der Waals surface area contributed by atoms with Crippen molar-refractivity contribution in [3.05, 3.63) is 100 Å². The molecule has 1 aromatic heterocycles. The predicted octanol–water partition coefficient (Wildman–Crippen LogP) is 6.06. The minimum Gasteiger partial charge on any atom is -0.419 e. The molecular weight excluding hydrogens is 451 g/mol. The van der Waals surface area contributed by atoms with Crippen molar-refractivity contribution < 1.29 is 8.81 Å². The maximum Gasteiger partial charge on any atom is 0.249 e. The third-order valence-electron chi connectivity index (χ3n) is 6.35. The zero-order valence-electron chi connectivity index (χ0n) is 19.2. The van der Waals surface area contributed by atoms with E-state index < -0.39 is 0 Å². The molecule has 0 aliphatic carbocycles. The lowest BCUT2D eigenvalue weighted by molar-refractivity contribution is 0.188. The molecule has 0 bridgehead atoms. The fourth-order valence-corrected chi connectivity index (χ4v) is 4.74. The van der Waals surface area contributed by atoms with Crippen LogP contribution < -0.4 is 4.90 Å². The Balaban J connectivity index is 1.43. The van der Waals surface area contributed by atoms with Crippen LogP contribution in [0.4, 0.5) is 10.1 Å². The van der Waals surface area contributed by atoms with Gasteiger partial charge in [0, 0.05) is 31.9 Å². The van der Waals surface area contributed by atoms with Crippen LogP contribution in [0.25, 0.3) is 11.5 Å². The van der Waals surface area contributed by atoms with Crippen LogP contribution in [0.5, 0.6) is 0 Å². The average molecular weight is 477 g/mol. The van der Waals surface area contributed by atoms with E-state index in [1.54, 1.807) is 18.2 Å². The molecule has 1 saturated heterocycles. The van der Waals surface area contributed by atoms with Gasteiger partial charge in [-0.1, -0.05) is 48.0 Å². The lowest BCUT2D eigenvalue weighted by Gasteiger charge is -2.39. The Kier molecular flexibility index (Phi) is 6.35. The molecule has 4 aromatic rings. The lowest BCUT2D eigenvalue weighted by atomic mass is 10.0. The number of anilines is 1. The number of rotatable bonds is 5. The average Bonchev–Trinajstić information content (AvgIpc) is 3.32. The highest BCUT2D eigenvalue weighted by atomic mass is 35.5. The molecule has 1 aliphatic heterocycles. The highest BCUT2D eigenvalue weighted by Crippen LogP contribution is 2.33. The topological polar surface area (TPSA) is 45.4 Å². The fraction of sp³-hybridized carbons (Fsp3) is 0.259. The quantitative estimate of drug-likeness (QED) is 0.350. The molecule has 0 N–H and O–H groups in total. The number of halogens is 2. The molecule has 5 nitrogen and oxygen atoms in total. The van der Waals surface area contributed by atoms with Crippen molar-refractivity contribution in [2.75, 3.05) is 31.1 Å². The van der Waals surface area contributed by atoms with Crippen molar-refractivity contribution in [1.29, 1.82) is 0 Å². The van der Waals surface area contributed by atoms with E-state index in [9.17, 15) is 4.39 Å². The number of aromatic nitrogens is 2. The zero-order chi connectivity index (χ0) is 23.7. The molecule has 5 rings (SSSR count). The first kappa shape index (κ1) is 22.6. The number of aryl methyl sites for hydroxylation is 2. The molecule has 174 valence electrons. The van der Waals surface area contributed by atoms with E-state index in [4.69, 9.17) is 16.0 Å². The Morgan fingerprint density at radius 3 is 2.38 bits per heavy atom. The molecule has 1 fully saturated rings. The van der Waals surface area contributed by atoms with Crippen molar-refractivity contribution in [1.82, 2.24) is 15.1 Å². The summed E-state index contributed by atoms with van der Waals surface area (Å²) >= 11 is 6.34. The largest absolute Gasteiger partial charge is 0.419 e. The van der Waals surface area contributed by atoms with Crippen molar-refractivity contribution in [3.63, 3.8) is 0 Å². The predicted molar refractivity (Wildman–Crippen MR) is 133 cm³/mol. The van der Waals surface area contributed by atoms with E-state index in [2.05, 4.69) is 52.0 Å². The van der Waals surface area contributed by atoms with Gasteiger partial charge in [-0.25, -0.2) is 4.39 Å². The van der Waals surface area contributed by atoms with Crippen LogP contribution in [0, 0.1) is 19.7 Å². The first-order valence-electron chi connectivity index (χ1n) is 11.4. The van der Waals surface area contributed by atoms with E-state index in [0.29, 0.717) is 22.4 Å². The molecule has 1 atom stereocenters. The number of hydrogen-bond acceptors (Lipinski definition) is 5. The SMILES string of the molecule is Cc1ccc(C)c(N2CCN([C@@H](c3ccc(F)cc3)c3nnc(-c4ccccc4Cl)o3)CC2)c1. The fourth-order valence-electron chi connectivity index (χ4n) is 4.52. The summed E-state index contributed by atoms with van der Waals surface area (Å²) in [6.45, 7) is 7.62. The molecule has 0 unspecified atom stereocenters. The van der Waals surface area contributed by atoms with E-state index in [-0.39, 0.29) is 11.9 Å². The highest BCUT2D eigenvalue weighted by Gasteiger charge is 2.31. The van der Waals surface area contributed by atoms with Crippen LogP contribution in [0.3, 0.4) is 0 Å². The van der Waals surface area contributed by atoms with Crippen LogP contribution >= 0.6 is 11.6 Å². The highest BCUT2D eigenvalue weighted by molar-refractivity contribution is 6.33. The summed E-state index contributed by atoms with van der Waals surface area (Å²) in [6.07, 6.45) is 0. The Labute approximate surface area is 203 Å². The van der Waals surface area contributed by atoms with E-state index in [1.165, 1.54) is 28.9 Å². The maximum absolute atomic E-state index is 13.7. The molecule has 0 amide bonds. The Morgan fingerprint density at radius 2 is 1.65 bits per heavy atom. The number of hydrogen-bond donors (Lipinski definition) is 0. The van der Waals surface area contributed by atoms with E-state index >= 15 is 0 Å². The maximum atomic E-state index is 13.7. The second kappa shape index (κ2) is 9.57. The Morgan fingerprint density at radius 1 is 0.912 bits per heavy atom. The zero-order valence-corrected chi connectivity index (χ0v) is 20.0. The second-order valence-electron chi connectivity index (χ2n) is 8.69. The van der Waals surface area contributed by atoms with Gasteiger partial charge in [0.05, 0.1) is 10.6 Å². The van der Waals surface area contributed by atoms with Crippen molar-refractivity contribution in [3.8, 4) is 11.5 Å². The standard InChI is InChI=1S/C27H26ClFN4O/c1-18-7-8-19(2)24(17-18)32-13-15-33(16-14-32)25(20-9-11-21(29)12-10-20)27-31-30-26(34-27)22-5-3-4-6-23(22)28/h3-12,17,25H,13-16H2,1-2H3/t25-/m0/s1. The Hall–Kier alpha value is -3.22. The molecule has 0 saturated carbocycles. The second-order valence-corrected chi connectivity index (χ2v) is 9.10. The van der Waals surface area contributed by atoms with Gasteiger partial charge in [-0.3, -0.25) is 4.90 Å². The first-order chi connectivity index (χ1) is 16.5. The van der Waals surface area contributed by atoms with Gasteiger partial charge in [0.15, 0.2) is 0 Å². The summed E-state index contributed by atoms with van der Waals surface area (Å²) in [4.78, 5) is 4.74. The van der Waals surface area contributed by atoms with Gasteiger partial charge in [-0.2, -0.15) is 0 Å². The minimum absolute atomic E-state index is 0.273. The molecular formula is C27H26ClFN4O.